The van der Waals surface area contributed by atoms with Crippen molar-refractivity contribution in [2.45, 2.75) is 20.3 Å². The maximum atomic E-state index is 5.95. The first kappa shape index (κ1) is 11.5. The fourth-order valence-corrected chi connectivity index (χ4v) is 2.16. The van der Waals surface area contributed by atoms with Gasteiger partial charge in [0.1, 0.15) is 0 Å². The predicted octanol–water partition coefficient (Wildman–Crippen LogP) is 3.39. The lowest BCUT2D eigenvalue weighted by molar-refractivity contribution is 1.11. The van der Waals surface area contributed by atoms with Gasteiger partial charge in [0.25, 0.3) is 0 Å². The lowest BCUT2D eigenvalue weighted by Gasteiger charge is -2.13. The Morgan fingerprint density at radius 2 is 1.59 bits per heavy atom. The summed E-state index contributed by atoms with van der Waals surface area (Å²) in [5, 5.41) is 0. The number of hydrogen-bond acceptors (Lipinski definition) is 2. The van der Waals surface area contributed by atoms with Crippen molar-refractivity contribution in [1.29, 1.82) is 0 Å². The summed E-state index contributed by atoms with van der Waals surface area (Å²) in [6.45, 7) is 4.23. The Hall–Kier alpha value is -1.96. The zero-order valence-corrected chi connectivity index (χ0v) is 10.3. The van der Waals surface area contributed by atoms with Crippen LogP contribution in [0.5, 0.6) is 0 Å². The molecule has 0 unspecified atom stereocenters. The molecule has 17 heavy (non-hydrogen) atoms. The van der Waals surface area contributed by atoms with Gasteiger partial charge in [-0.1, -0.05) is 25.1 Å². The second-order valence-electron chi connectivity index (χ2n) is 4.28. The van der Waals surface area contributed by atoms with Crippen LogP contribution in [0.4, 0.5) is 11.4 Å². The molecule has 0 aliphatic carbocycles. The van der Waals surface area contributed by atoms with Gasteiger partial charge in [0.2, 0.25) is 0 Å². The lowest BCUT2D eigenvalue weighted by Crippen LogP contribution is -1.97. The van der Waals surface area contributed by atoms with E-state index in [2.05, 4.69) is 32.0 Å². The van der Waals surface area contributed by atoms with E-state index in [1.54, 1.807) is 0 Å². The van der Waals surface area contributed by atoms with Crippen LogP contribution in [0.1, 0.15) is 18.1 Å². The van der Waals surface area contributed by atoms with Crippen molar-refractivity contribution in [1.82, 2.24) is 0 Å². The van der Waals surface area contributed by atoms with Crippen molar-refractivity contribution in [3.8, 4) is 11.1 Å². The SMILES string of the molecule is CCc1c(-c2ccc(N)cc2)ccc(N)c1C. The third kappa shape index (κ3) is 2.11. The Bertz CT molecular complexity index is 527. The van der Waals surface area contributed by atoms with Crippen molar-refractivity contribution in [3.05, 3.63) is 47.5 Å². The van der Waals surface area contributed by atoms with Crippen molar-refractivity contribution in [2.24, 2.45) is 0 Å². The van der Waals surface area contributed by atoms with Crippen LogP contribution in [-0.2, 0) is 6.42 Å². The number of hydrogen-bond donors (Lipinski definition) is 2. The van der Waals surface area contributed by atoms with E-state index in [9.17, 15) is 0 Å². The van der Waals surface area contributed by atoms with E-state index in [1.165, 1.54) is 22.3 Å². The van der Waals surface area contributed by atoms with Gasteiger partial charge < -0.3 is 11.5 Å². The topological polar surface area (TPSA) is 52.0 Å². The first-order valence-electron chi connectivity index (χ1n) is 5.87. The molecule has 0 bridgehead atoms. The summed E-state index contributed by atoms with van der Waals surface area (Å²) in [6.07, 6.45) is 0.983. The zero-order valence-electron chi connectivity index (χ0n) is 10.3. The minimum Gasteiger partial charge on any atom is -0.399 e. The van der Waals surface area contributed by atoms with E-state index in [4.69, 9.17) is 11.5 Å². The largest absolute Gasteiger partial charge is 0.399 e. The van der Waals surface area contributed by atoms with Crippen LogP contribution in [0, 0.1) is 6.92 Å². The normalized spacial score (nSPS) is 10.5. The second-order valence-corrected chi connectivity index (χ2v) is 4.28. The highest BCUT2D eigenvalue weighted by Gasteiger charge is 2.08. The summed E-state index contributed by atoms with van der Waals surface area (Å²) < 4.78 is 0. The molecule has 0 saturated heterocycles. The summed E-state index contributed by atoms with van der Waals surface area (Å²) in [5.74, 6) is 0. The van der Waals surface area contributed by atoms with Crippen molar-refractivity contribution < 1.29 is 0 Å². The Balaban J connectivity index is 2.59. The van der Waals surface area contributed by atoms with Crippen LogP contribution < -0.4 is 11.5 Å². The minimum atomic E-state index is 0.791. The monoisotopic (exact) mass is 226 g/mol. The van der Waals surface area contributed by atoms with Crippen LogP contribution in [0.15, 0.2) is 36.4 Å². The Kier molecular flexibility index (Phi) is 3.05. The third-order valence-corrected chi connectivity index (χ3v) is 3.22. The molecule has 0 aliphatic heterocycles. The zero-order chi connectivity index (χ0) is 12.4. The van der Waals surface area contributed by atoms with Gasteiger partial charge in [-0.05, 0) is 53.8 Å². The van der Waals surface area contributed by atoms with Crippen molar-refractivity contribution in [2.75, 3.05) is 11.5 Å². The molecule has 0 spiro atoms. The molecule has 0 fully saturated rings. The number of nitrogen functional groups attached to an aromatic ring is 2. The van der Waals surface area contributed by atoms with Gasteiger partial charge in [0.05, 0.1) is 0 Å². The molecule has 88 valence electrons. The maximum Gasteiger partial charge on any atom is 0.0346 e. The Morgan fingerprint density at radius 3 is 2.18 bits per heavy atom. The van der Waals surface area contributed by atoms with Gasteiger partial charge in [-0.3, -0.25) is 0 Å². The number of anilines is 2. The van der Waals surface area contributed by atoms with E-state index < -0.39 is 0 Å². The summed E-state index contributed by atoms with van der Waals surface area (Å²) in [4.78, 5) is 0. The van der Waals surface area contributed by atoms with Gasteiger partial charge in [-0.2, -0.15) is 0 Å². The molecule has 2 heteroatoms. The highest BCUT2D eigenvalue weighted by atomic mass is 14.6. The van der Waals surface area contributed by atoms with Crippen LogP contribution >= 0.6 is 0 Å². The van der Waals surface area contributed by atoms with Crippen LogP contribution in [0.3, 0.4) is 0 Å². The highest BCUT2D eigenvalue weighted by molar-refractivity contribution is 5.73. The third-order valence-electron chi connectivity index (χ3n) is 3.22. The first-order valence-corrected chi connectivity index (χ1v) is 5.87. The molecule has 2 nitrogen and oxygen atoms in total. The number of rotatable bonds is 2. The molecule has 0 aliphatic rings. The molecule has 0 atom stereocenters. The van der Waals surface area contributed by atoms with E-state index >= 15 is 0 Å². The smallest absolute Gasteiger partial charge is 0.0346 e. The van der Waals surface area contributed by atoms with Crippen molar-refractivity contribution >= 4 is 11.4 Å². The second kappa shape index (κ2) is 4.50. The van der Waals surface area contributed by atoms with Gasteiger partial charge >= 0.3 is 0 Å². The standard InChI is InChI=1S/C15H18N2/c1-3-13-10(2)15(17)9-8-14(13)11-4-6-12(16)7-5-11/h4-9H,3,16-17H2,1-2H3. The summed E-state index contributed by atoms with van der Waals surface area (Å²) >= 11 is 0. The molecular formula is C15H18N2. The molecule has 0 saturated carbocycles. The fourth-order valence-electron chi connectivity index (χ4n) is 2.16. The molecule has 0 aromatic heterocycles. The van der Waals surface area contributed by atoms with E-state index in [0.29, 0.717) is 0 Å². The average Bonchev–Trinajstić information content (AvgIpc) is 2.34. The first-order chi connectivity index (χ1) is 8.13. The number of benzene rings is 2. The van der Waals surface area contributed by atoms with Crippen LogP contribution in [0.25, 0.3) is 11.1 Å². The van der Waals surface area contributed by atoms with Gasteiger partial charge in [-0.15, -0.1) is 0 Å². The quantitative estimate of drug-likeness (QED) is 0.771. The summed E-state index contributed by atoms with van der Waals surface area (Å²) in [5.41, 5.74) is 18.2. The molecule has 0 radical (unpaired) electrons. The lowest BCUT2D eigenvalue weighted by atomic mass is 9.93. The summed E-state index contributed by atoms with van der Waals surface area (Å²) in [7, 11) is 0. The molecule has 4 N–H and O–H groups in total. The van der Waals surface area contributed by atoms with E-state index in [0.717, 1.165) is 17.8 Å². The molecule has 0 amide bonds. The van der Waals surface area contributed by atoms with Gasteiger partial charge in [0.15, 0.2) is 0 Å². The Labute approximate surface area is 102 Å². The van der Waals surface area contributed by atoms with Crippen molar-refractivity contribution in [3.63, 3.8) is 0 Å². The molecule has 2 aromatic rings. The van der Waals surface area contributed by atoms with Gasteiger partial charge in [-0.25, -0.2) is 0 Å². The Morgan fingerprint density at radius 1 is 0.941 bits per heavy atom. The van der Waals surface area contributed by atoms with Crippen LogP contribution in [0.2, 0.25) is 0 Å². The molecule has 2 rings (SSSR count). The molecule has 2 aromatic carbocycles. The minimum absolute atomic E-state index is 0.791. The maximum absolute atomic E-state index is 5.95. The summed E-state index contributed by atoms with van der Waals surface area (Å²) in [6, 6.07) is 12.0. The van der Waals surface area contributed by atoms with Gasteiger partial charge in [0, 0.05) is 11.4 Å². The molecule has 0 heterocycles. The van der Waals surface area contributed by atoms with E-state index in [1.807, 2.05) is 18.2 Å². The fraction of sp³-hybridized carbons (Fsp3) is 0.200. The number of nitrogens with two attached hydrogens (primary N) is 2. The molecular weight excluding hydrogens is 208 g/mol. The average molecular weight is 226 g/mol. The van der Waals surface area contributed by atoms with Crippen LogP contribution in [-0.4, -0.2) is 0 Å². The highest BCUT2D eigenvalue weighted by Crippen LogP contribution is 2.30. The predicted molar refractivity (Wildman–Crippen MR) is 74.8 cm³/mol. The van der Waals surface area contributed by atoms with E-state index in [-0.39, 0.29) is 0 Å².